The van der Waals surface area contributed by atoms with Crippen molar-refractivity contribution in [3.63, 3.8) is 0 Å². The molecule has 0 aromatic rings. The molecule has 0 aliphatic heterocycles. The van der Waals surface area contributed by atoms with E-state index in [1.807, 2.05) is 0 Å². The van der Waals surface area contributed by atoms with Gasteiger partial charge in [0.05, 0.1) is 12.5 Å². The molecule has 0 heterocycles. The van der Waals surface area contributed by atoms with E-state index in [1.54, 1.807) is 0 Å². The average molecular weight is 221 g/mol. The van der Waals surface area contributed by atoms with Gasteiger partial charge in [0.15, 0.2) is 0 Å². The fourth-order valence-electron chi connectivity index (χ4n) is 1.77. The SMILES string of the molecule is O=C(O)C1CCC(C(=O)NCC(F)F)C1. The van der Waals surface area contributed by atoms with Crippen LogP contribution in [-0.2, 0) is 9.59 Å². The number of carboxylic acids is 1. The van der Waals surface area contributed by atoms with Crippen molar-refractivity contribution < 1.29 is 23.5 Å². The Kier molecular flexibility index (Phi) is 3.99. The highest BCUT2D eigenvalue weighted by atomic mass is 19.3. The van der Waals surface area contributed by atoms with Gasteiger partial charge in [-0.15, -0.1) is 0 Å². The summed E-state index contributed by atoms with van der Waals surface area (Å²) in [6, 6.07) is 0. The fraction of sp³-hybridized carbons (Fsp3) is 0.778. The van der Waals surface area contributed by atoms with Crippen LogP contribution >= 0.6 is 0 Å². The fourth-order valence-corrected chi connectivity index (χ4v) is 1.77. The zero-order valence-electron chi connectivity index (χ0n) is 8.08. The van der Waals surface area contributed by atoms with Crippen LogP contribution in [0.3, 0.4) is 0 Å². The number of hydrogen-bond donors (Lipinski definition) is 2. The van der Waals surface area contributed by atoms with Crippen molar-refractivity contribution in [1.29, 1.82) is 0 Å². The molecule has 0 spiro atoms. The standard InChI is InChI=1S/C9H13F2NO3/c10-7(11)4-12-8(13)5-1-2-6(3-5)9(14)15/h5-7H,1-4H2,(H,12,13)(H,14,15). The van der Waals surface area contributed by atoms with Crippen LogP contribution in [0, 0.1) is 11.8 Å². The van der Waals surface area contributed by atoms with Gasteiger partial charge in [-0.25, -0.2) is 8.78 Å². The van der Waals surface area contributed by atoms with Crippen LogP contribution in [-0.4, -0.2) is 30.0 Å². The first kappa shape index (κ1) is 11.9. The maximum absolute atomic E-state index is 11.8. The summed E-state index contributed by atoms with van der Waals surface area (Å²) in [6.45, 7) is -0.660. The van der Waals surface area contributed by atoms with Crippen molar-refractivity contribution in [2.24, 2.45) is 11.8 Å². The molecular weight excluding hydrogens is 208 g/mol. The van der Waals surface area contributed by atoms with E-state index in [2.05, 4.69) is 5.32 Å². The molecule has 6 heteroatoms. The zero-order chi connectivity index (χ0) is 11.4. The Morgan fingerprint density at radius 3 is 2.40 bits per heavy atom. The highest BCUT2D eigenvalue weighted by Gasteiger charge is 2.33. The third kappa shape index (κ3) is 3.45. The van der Waals surface area contributed by atoms with Crippen molar-refractivity contribution in [1.82, 2.24) is 5.32 Å². The van der Waals surface area contributed by atoms with Crippen molar-refractivity contribution in [3.05, 3.63) is 0 Å². The summed E-state index contributed by atoms with van der Waals surface area (Å²) in [5, 5.41) is 10.8. The Morgan fingerprint density at radius 2 is 1.93 bits per heavy atom. The van der Waals surface area contributed by atoms with E-state index in [0.717, 1.165) is 0 Å². The number of carbonyl (C=O) groups excluding carboxylic acids is 1. The number of amides is 1. The summed E-state index contributed by atoms with van der Waals surface area (Å²) in [7, 11) is 0. The smallest absolute Gasteiger partial charge is 0.306 e. The lowest BCUT2D eigenvalue weighted by molar-refractivity contribution is -0.141. The summed E-state index contributed by atoms with van der Waals surface area (Å²) in [4.78, 5) is 21.9. The molecule has 0 radical (unpaired) electrons. The minimum absolute atomic E-state index is 0.254. The second kappa shape index (κ2) is 5.04. The summed E-state index contributed by atoms with van der Waals surface area (Å²) in [5.74, 6) is -2.31. The number of carboxylic acid groups (broad SMARTS) is 1. The van der Waals surface area contributed by atoms with Crippen LogP contribution in [0.2, 0.25) is 0 Å². The Hall–Kier alpha value is -1.20. The van der Waals surface area contributed by atoms with Gasteiger partial charge in [0.2, 0.25) is 5.91 Å². The first-order chi connectivity index (χ1) is 7.00. The summed E-state index contributed by atoms with van der Waals surface area (Å²) in [6.07, 6.45) is -1.40. The summed E-state index contributed by atoms with van der Waals surface area (Å²) < 4.78 is 23.6. The number of halogens is 2. The molecular formula is C9H13F2NO3. The molecule has 2 atom stereocenters. The van der Waals surface area contributed by atoms with Gasteiger partial charge in [-0.3, -0.25) is 9.59 Å². The molecule has 86 valence electrons. The van der Waals surface area contributed by atoms with Gasteiger partial charge in [0, 0.05) is 5.92 Å². The van der Waals surface area contributed by atoms with Crippen LogP contribution in [0.5, 0.6) is 0 Å². The van der Waals surface area contributed by atoms with Gasteiger partial charge in [0.25, 0.3) is 6.43 Å². The van der Waals surface area contributed by atoms with Crippen LogP contribution in [0.4, 0.5) is 8.78 Å². The molecule has 0 aromatic heterocycles. The van der Waals surface area contributed by atoms with E-state index in [0.29, 0.717) is 12.8 Å². The lowest BCUT2D eigenvalue weighted by atomic mass is 10.0. The Balaban J connectivity index is 2.33. The maximum Gasteiger partial charge on any atom is 0.306 e. The molecule has 1 amide bonds. The number of nitrogens with one attached hydrogen (secondary N) is 1. The number of rotatable bonds is 4. The van der Waals surface area contributed by atoms with Crippen LogP contribution in [0.1, 0.15) is 19.3 Å². The number of aliphatic carboxylic acids is 1. The predicted molar refractivity (Wildman–Crippen MR) is 47.5 cm³/mol. The molecule has 1 saturated carbocycles. The second-order valence-electron chi connectivity index (χ2n) is 3.68. The minimum atomic E-state index is -2.56. The van der Waals surface area contributed by atoms with Gasteiger partial charge < -0.3 is 10.4 Å². The molecule has 4 nitrogen and oxygen atoms in total. The highest BCUT2D eigenvalue weighted by Crippen LogP contribution is 2.30. The third-order valence-corrected chi connectivity index (χ3v) is 2.58. The molecule has 1 fully saturated rings. The Labute approximate surface area is 85.7 Å². The molecule has 1 rings (SSSR count). The molecule has 1 aliphatic rings. The first-order valence-corrected chi connectivity index (χ1v) is 4.79. The molecule has 0 saturated heterocycles. The molecule has 1 aliphatic carbocycles. The zero-order valence-corrected chi connectivity index (χ0v) is 8.08. The molecule has 0 bridgehead atoms. The van der Waals surface area contributed by atoms with Crippen LogP contribution in [0.25, 0.3) is 0 Å². The van der Waals surface area contributed by atoms with Gasteiger partial charge in [-0.05, 0) is 19.3 Å². The quantitative estimate of drug-likeness (QED) is 0.740. The molecule has 2 N–H and O–H groups in total. The van der Waals surface area contributed by atoms with E-state index >= 15 is 0 Å². The summed E-state index contributed by atoms with van der Waals surface area (Å²) >= 11 is 0. The highest BCUT2D eigenvalue weighted by molar-refractivity contribution is 5.80. The number of alkyl halides is 2. The van der Waals surface area contributed by atoms with Gasteiger partial charge in [-0.2, -0.15) is 0 Å². The van der Waals surface area contributed by atoms with Gasteiger partial charge >= 0.3 is 5.97 Å². The largest absolute Gasteiger partial charge is 0.481 e. The van der Waals surface area contributed by atoms with Crippen molar-refractivity contribution >= 4 is 11.9 Å². The normalized spacial score (nSPS) is 25.5. The number of hydrogen-bond acceptors (Lipinski definition) is 2. The van der Waals surface area contributed by atoms with E-state index in [-0.39, 0.29) is 6.42 Å². The average Bonchev–Trinajstić information content (AvgIpc) is 2.62. The van der Waals surface area contributed by atoms with E-state index < -0.39 is 36.7 Å². The molecule has 0 aromatic carbocycles. The predicted octanol–water partition coefficient (Wildman–Crippen LogP) is 0.869. The molecule has 15 heavy (non-hydrogen) atoms. The van der Waals surface area contributed by atoms with Crippen molar-refractivity contribution in [2.75, 3.05) is 6.54 Å². The van der Waals surface area contributed by atoms with E-state index in [4.69, 9.17) is 5.11 Å². The van der Waals surface area contributed by atoms with Crippen molar-refractivity contribution in [3.8, 4) is 0 Å². The number of carbonyl (C=O) groups is 2. The Morgan fingerprint density at radius 1 is 1.33 bits per heavy atom. The lowest BCUT2D eigenvalue weighted by Gasteiger charge is -2.09. The first-order valence-electron chi connectivity index (χ1n) is 4.79. The monoisotopic (exact) mass is 221 g/mol. The van der Waals surface area contributed by atoms with E-state index in [1.165, 1.54) is 0 Å². The Bertz CT molecular complexity index is 258. The van der Waals surface area contributed by atoms with Crippen molar-refractivity contribution in [2.45, 2.75) is 25.7 Å². The third-order valence-electron chi connectivity index (χ3n) is 2.58. The molecule has 2 unspecified atom stereocenters. The van der Waals surface area contributed by atoms with E-state index in [9.17, 15) is 18.4 Å². The lowest BCUT2D eigenvalue weighted by Crippen LogP contribution is -2.33. The van der Waals surface area contributed by atoms with Crippen LogP contribution < -0.4 is 5.32 Å². The van der Waals surface area contributed by atoms with Gasteiger partial charge in [-0.1, -0.05) is 0 Å². The topological polar surface area (TPSA) is 66.4 Å². The maximum atomic E-state index is 11.8. The van der Waals surface area contributed by atoms with Gasteiger partial charge in [0.1, 0.15) is 0 Å². The minimum Gasteiger partial charge on any atom is -0.481 e. The summed E-state index contributed by atoms with van der Waals surface area (Å²) in [5.41, 5.74) is 0. The second-order valence-corrected chi connectivity index (χ2v) is 3.68. The van der Waals surface area contributed by atoms with Crippen LogP contribution in [0.15, 0.2) is 0 Å².